The van der Waals surface area contributed by atoms with Gasteiger partial charge < -0.3 is 9.16 Å². The molecule has 0 aliphatic carbocycles. The molecule has 1 heterocycles. The molecule has 1 aromatic heterocycles. The van der Waals surface area contributed by atoms with Crippen LogP contribution in [0.15, 0.2) is 12.3 Å². The quantitative estimate of drug-likeness (QED) is 0.717. The molecule has 5 heteroatoms. The van der Waals surface area contributed by atoms with Crippen LogP contribution in [0.3, 0.4) is 0 Å². The van der Waals surface area contributed by atoms with Crippen molar-refractivity contribution in [2.75, 3.05) is 6.61 Å². The second-order valence-corrected chi connectivity index (χ2v) is 8.25. The summed E-state index contributed by atoms with van der Waals surface area (Å²) < 4.78 is 10.9. The van der Waals surface area contributed by atoms with Gasteiger partial charge in [0.05, 0.1) is 6.61 Å². The molecule has 0 fully saturated rings. The van der Waals surface area contributed by atoms with Gasteiger partial charge in [-0.15, -0.1) is 0 Å². The molecule has 0 spiro atoms. The van der Waals surface area contributed by atoms with Crippen LogP contribution in [0.4, 0.5) is 0 Å². The number of nitrogens with zero attached hydrogens (tertiary/aromatic N) is 2. The molecule has 4 nitrogen and oxygen atoms in total. The van der Waals surface area contributed by atoms with Gasteiger partial charge in [-0.3, -0.25) is 0 Å². The second kappa shape index (κ2) is 4.41. The van der Waals surface area contributed by atoms with E-state index in [0.717, 1.165) is 0 Å². The molecule has 0 aliphatic rings. The van der Waals surface area contributed by atoms with Crippen LogP contribution >= 0.6 is 0 Å². The van der Waals surface area contributed by atoms with E-state index in [-0.39, 0.29) is 0 Å². The molecular weight excluding hydrogens is 196 g/mol. The van der Waals surface area contributed by atoms with Crippen LogP contribution in [0.5, 0.6) is 11.9 Å². The van der Waals surface area contributed by atoms with Crippen LogP contribution in [0, 0.1) is 0 Å². The largest absolute Gasteiger partial charge is 0.531 e. The highest BCUT2D eigenvalue weighted by molar-refractivity contribution is 6.70. The zero-order valence-electron chi connectivity index (χ0n) is 9.07. The standard InChI is InChI=1S/C9H16N2O2Si/c1-5-12-9-10-7-6-8(11-9)13-14(2,3)4/h6-7H,5H2,1-4H3. The Morgan fingerprint density at radius 1 is 1.36 bits per heavy atom. The molecular formula is C9H16N2O2Si. The Hall–Kier alpha value is -1.10. The molecule has 14 heavy (non-hydrogen) atoms. The fraction of sp³-hybridized carbons (Fsp3) is 0.556. The fourth-order valence-electron chi connectivity index (χ4n) is 0.894. The summed E-state index contributed by atoms with van der Waals surface area (Å²) in [6.45, 7) is 8.78. The summed E-state index contributed by atoms with van der Waals surface area (Å²) in [6, 6.07) is 2.13. The van der Waals surface area contributed by atoms with Gasteiger partial charge in [-0.25, -0.2) is 4.98 Å². The summed E-state index contributed by atoms with van der Waals surface area (Å²) in [5.41, 5.74) is 0. The molecule has 78 valence electrons. The smallest absolute Gasteiger partial charge is 0.319 e. The van der Waals surface area contributed by atoms with Crippen molar-refractivity contribution >= 4 is 8.32 Å². The van der Waals surface area contributed by atoms with Crippen LogP contribution in [-0.4, -0.2) is 24.9 Å². The van der Waals surface area contributed by atoms with E-state index in [1.165, 1.54) is 0 Å². The average molecular weight is 212 g/mol. The van der Waals surface area contributed by atoms with Crippen molar-refractivity contribution in [2.24, 2.45) is 0 Å². The lowest BCUT2D eigenvalue weighted by molar-refractivity contribution is 0.308. The number of rotatable bonds is 4. The second-order valence-electron chi connectivity index (χ2n) is 3.82. The van der Waals surface area contributed by atoms with Crippen LogP contribution < -0.4 is 9.16 Å². The topological polar surface area (TPSA) is 44.2 Å². The number of hydrogen-bond acceptors (Lipinski definition) is 4. The number of hydrogen-bond donors (Lipinski definition) is 0. The van der Waals surface area contributed by atoms with Gasteiger partial charge in [-0.05, 0) is 26.6 Å². The zero-order valence-corrected chi connectivity index (χ0v) is 10.1. The van der Waals surface area contributed by atoms with Crippen molar-refractivity contribution in [2.45, 2.75) is 26.6 Å². The molecule has 0 saturated carbocycles. The normalized spacial score (nSPS) is 11.1. The first kappa shape index (κ1) is 11.0. The van der Waals surface area contributed by atoms with Crippen molar-refractivity contribution in [3.05, 3.63) is 12.3 Å². The van der Waals surface area contributed by atoms with Crippen LogP contribution in [0.2, 0.25) is 19.6 Å². The van der Waals surface area contributed by atoms with E-state index in [1.807, 2.05) is 6.92 Å². The molecule has 0 amide bonds. The molecule has 0 aromatic carbocycles. The maximum atomic E-state index is 5.70. The van der Waals surface area contributed by atoms with Gasteiger partial charge in [0.1, 0.15) is 0 Å². The molecule has 0 N–H and O–H groups in total. The minimum atomic E-state index is -1.59. The average Bonchev–Trinajstić information content (AvgIpc) is 2.02. The van der Waals surface area contributed by atoms with E-state index in [4.69, 9.17) is 9.16 Å². The van der Waals surface area contributed by atoms with Crippen LogP contribution in [0.25, 0.3) is 0 Å². The van der Waals surface area contributed by atoms with Crippen molar-refractivity contribution in [3.63, 3.8) is 0 Å². The molecule has 1 aromatic rings. The summed E-state index contributed by atoms with van der Waals surface area (Å²) in [7, 11) is -1.59. The van der Waals surface area contributed by atoms with E-state index >= 15 is 0 Å². The van der Waals surface area contributed by atoms with Crippen LogP contribution in [-0.2, 0) is 0 Å². The predicted octanol–water partition coefficient (Wildman–Crippen LogP) is 2.09. The van der Waals surface area contributed by atoms with Gasteiger partial charge in [0.25, 0.3) is 0 Å². The zero-order chi connectivity index (χ0) is 10.6. The Morgan fingerprint density at radius 2 is 2.07 bits per heavy atom. The predicted molar refractivity (Wildman–Crippen MR) is 57.2 cm³/mol. The van der Waals surface area contributed by atoms with E-state index in [2.05, 4.69) is 29.6 Å². The summed E-state index contributed by atoms with van der Waals surface area (Å²) in [6.07, 6.45) is 1.65. The highest BCUT2D eigenvalue weighted by Gasteiger charge is 2.17. The molecule has 0 unspecified atom stereocenters. The third-order valence-electron chi connectivity index (χ3n) is 1.29. The summed E-state index contributed by atoms with van der Waals surface area (Å²) in [5.74, 6) is 0.600. The van der Waals surface area contributed by atoms with Crippen molar-refractivity contribution < 1.29 is 9.16 Å². The third-order valence-corrected chi connectivity index (χ3v) is 2.11. The Bertz CT molecular complexity index is 299. The number of ether oxygens (including phenoxy) is 1. The highest BCUT2D eigenvalue weighted by atomic mass is 28.4. The molecule has 0 atom stereocenters. The van der Waals surface area contributed by atoms with Gasteiger partial charge in [-0.1, -0.05) is 0 Å². The lowest BCUT2D eigenvalue weighted by Crippen LogP contribution is -2.29. The van der Waals surface area contributed by atoms with E-state index in [1.54, 1.807) is 12.3 Å². The Labute approximate surface area is 85.4 Å². The Kier molecular flexibility index (Phi) is 3.46. The summed E-state index contributed by atoms with van der Waals surface area (Å²) in [4.78, 5) is 8.09. The minimum Gasteiger partial charge on any atom is -0.531 e. The SMILES string of the molecule is CCOc1nccc(O[Si](C)(C)C)n1. The van der Waals surface area contributed by atoms with Crippen molar-refractivity contribution in [1.29, 1.82) is 0 Å². The summed E-state index contributed by atoms with van der Waals surface area (Å²) in [5, 5.41) is 0. The highest BCUT2D eigenvalue weighted by Crippen LogP contribution is 2.14. The van der Waals surface area contributed by atoms with Crippen molar-refractivity contribution in [1.82, 2.24) is 9.97 Å². The molecule has 0 saturated heterocycles. The molecule has 0 radical (unpaired) electrons. The Morgan fingerprint density at radius 3 is 2.64 bits per heavy atom. The van der Waals surface area contributed by atoms with E-state index in [0.29, 0.717) is 18.5 Å². The van der Waals surface area contributed by atoms with E-state index < -0.39 is 8.32 Å². The molecule has 1 rings (SSSR count). The minimum absolute atomic E-state index is 0.378. The first-order chi connectivity index (χ1) is 6.51. The third kappa shape index (κ3) is 3.74. The lowest BCUT2D eigenvalue weighted by Gasteiger charge is -2.17. The van der Waals surface area contributed by atoms with E-state index in [9.17, 15) is 0 Å². The first-order valence-electron chi connectivity index (χ1n) is 4.66. The molecule has 0 bridgehead atoms. The van der Waals surface area contributed by atoms with Crippen LogP contribution in [0.1, 0.15) is 6.92 Å². The van der Waals surface area contributed by atoms with Gasteiger partial charge in [-0.2, -0.15) is 4.98 Å². The fourth-order valence-corrected chi connectivity index (χ4v) is 1.64. The Balaban J connectivity index is 2.73. The summed E-state index contributed by atoms with van der Waals surface area (Å²) >= 11 is 0. The monoisotopic (exact) mass is 212 g/mol. The maximum absolute atomic E-state index is 5.70. The van der Waals surface area contributed by atoms with Gasteiger partial charge in [0.2, 0.25) is 14.2 Å². The maximum Gasteiger partial charge on any atom is 0.319 e. The first-order valence-corrected chi connectivity index (χ1v) is 8.07. The molecule has 0 aliphatic heterocycles. The van der Waals surface area contributed by atoms with Gasteiger partial charge >= 0.3 is 6.01 Å². The lowest BCUT2D eigenvalue weighted by atomic mass is 10.6. The van der Waals surface area contributed by atoms with Gasteiger partial charge in [0.15, 0.2) is 0 Å². The van der Waals surface area contributed by atoms with Crippen molar-refractivity contribution in [3.8, 4) is 11.9 Å². The van der Waals surface area contributed by atoms with Gasteiger partial charge in [0, 0.05) is 12.3 Å². The number of aromatic nitrogens is 2.